The van der Waals surface area contributed by atoms with Gasteiger partial charge in [-0.15, -0.1) is 0 Å². The van der Waals surface area contributed by atoms with Crippen molar-refractivity contribution in [1.82, 2.24) is 19.1 Å². The van der Waals surface area contributed by atoms with Gasteiger partial charge < -0.3 is 5.32 Å². The van der Waals surface area contributed by atoms with Crippen molar-refractivity contribution < 1.29 is 0 Å². The van der Waals surface area contributed by atoms with E-state index in [9.17, 15) is 0 Å². The highest BCUT2D eigenvalue weighted by Crippen LogP contribution is 2.20. The molecule has 0 aliphatic carbocycles. The molecule has 0 radical (unpaired) electrons. The number of nitrogens with one attached hydrogen (secondary N) is 1. The molecular formula is C13H16N4S. The van der Waals surface area contributed by atoms with E-state index in [-0.39, 0.29) is 0 Å². The second-order valence-electron chi connectivity index (χ2n) is 4.35. The molecule has 0 saturated carbocycles. The third-order valence-electron chi connectivity index (χ3n) is 3.01. The van der Waals surface area contributed by atoms with E-state index in [4.69, 9.17) is 0 Å². The molecule has 0 unspecified atom stereocenters. The Bertz CT molecular complexity index is 655. The highest BCUT2D eigenvalue weighted by molar-refractivity contribution is 7.11. The number of hydrogen-bond donors (Lipinski definition) is 1. The van der Waals surface area contributed by atoms with Crippen molar-refractivity contribution in [2.75, 3.05) is 6.54 Å². The maximum Gasteiger partial charge on any atom is 0.214 e. The van der Waals surface area contributed by atoms with Gasteiger partial charge in [-0.05, 0) is 25.1 Å². The van der Waals surface area contributed by atoms with Crippen LogP contribution in [0.1, 0.15) is 25.6 Å². The van der Waals surface area contributed by atoms with Crippen LogP contribution in [0.3, 0.4) is 0 Å². The van der Waals surface area contributed by atoms with Crippen LogP contribution in [0, 0.1) is 0 Å². The lowest BCUT2D eigenvalue weighted by atomic mass is 10.3. The van der Waals surface area contributed by atoms with E-state index in [1.165, 1.54) is 24.4 Å². The van der Waals surface area contributed by atoms with Gasteiger partial charge >= 0.3 is 0 Å². The van der Waals surface area contributed by atoms with Gasteiger partial charge in [0.15, 0.2) is 0 Å². The summed E-state index contributed by atoms with van der Waals surface area (Å²) in [5.74, 6) is 1.06. The van der Waals surface area contributed by atoms with E-state index in [0.717, 1.165) is 34.9 Å². The maximum atomic E-state index is 4.57. The molecule has 3 aromatic rings. The molecule has 94 valence electrons. The number of imidazole rings is 1. The molecule has 0 bridgehead atoms. The Hall–Kier alpha value is -1.46. The molecule has 0 aliphatic heterocycles. The average molecular weight is 260 g/mol. The zero-order chi connectivity index (χ0) is 12.4. The standard InChI is InChI=1S/C13H16N4S/c1-2-3-8-14-9-12-16-18-13-15-10-6-4-5-7-11(10)17(12)13/h4-7,14H,2-3,8-9H2,1H3. The van der Waals surface area contributed by atoms with Crippen LogP contribution in [-0.2, 0) is 6.54 Å². The number of hydrogen-bond acceptors (Lipinski definition) is 4. The number of aromatic nitrogens is 3. The smallest absolute Gasteiger partial charge is 0.214 e. The van der Waals surface area contributed by atoms with Crippen LogP contribution in [0.2, 0.25) is 0 Å². The average Bonchev–Trinajstić information content (AvgIpc) is 2.94. The fourth-order valence-electron chi connectivity index (χ4n) is 2.06. The fraction of sp³-hybridized carbons (Fsp3) is 0.385. The summed E-state index contributed by atoms with van der Waals surface area (Å²) in [6.45, 7) is 4.05. The Labute approximate surface area is 110 Å². The molecule has 3 rings (SSSR count). The van der Waals surface area contributed by atoms with Crippen molar-refractivity contribution in [1.29, 1.82) is 0 Å². The Kier molecular flexibility index (Phi) is 3.25. The largest absolute Gasteiger partial charge is 0.310 e. The van der Waals surface area contributed by atoms with E-state index in [1.807, 2.05) is 18.2 Å². The second-order valence-corrected chi connectivity index (χ2v) is 5.08. The monoisotopic (exact) mass is 260 g/mol. The Morgan fingerprint density at radius 2 is 2.22 bits per heavy atom. The molecule has 0 amide bonds. The van der Waals surface area contributed by atoms with Crippen molar-refractivity contribution in [3.63, 3.8) is 0 Å². The van der Waals surface area contributed by atoms with E-state index >= 15 is 0 Å². The SMILES string of the molecule is CCCCNCc1nsc2nc3ccccc3n12. The minimum absolute atomic E-state index is 0.806. The van der Waals surface area contributed by atoms with Gasteiger partial charge in [-0.2, -0.15) is 4.37 Å². The van der Waals surface area contributed by atoms with Crippen molar-refractivity contribution in [3.8, 4) is 0 Å². The first-order valence-electron chi connectivity index (χ1n) is 6.32. The lowest BCUT2D eigenvalue weighted by molar-refractivity contribution is 0.624. The first-order chi connectivity index (χ1) is 8.90. The first kappa shape index (κ1) is 11.6. The Morgan fingerprint density at radius 1 is 1.33 bits per heavy atom. The minimum Gasteiger partial charge on any atom is -0.310 e. The maximum absolute atomic E-state index is 4.57. The number of benzene rings is 1. The van der Waals surface area contributed by atoms with E-state index in [1.54, 1.807) is 0 Å². The summed E-state index contributed by atoms with van der Waals surface area (Å²) in [6, 6.07) is 8.21. The van der Waals surface area contributed by atoms with Gasteiger partial charge in [0.2, 0.25) is 4.96 Å². The summed E-state index contributed by atoms with van der Waals surface area (Å²) in [5, 5.41) is 3.43. The molecule has 0 spiro atoms. The summed E-state index contributed by atoms with van der Waals surface area (Å²) in [6.07, 6.45) is 2.42. The van der Waals surface area contributed by atoms with Crippen LogP contribution in [0.15, 0.2) is 24.3 Å². The number of para-hydroxylation sites is 2. The second kappa shape index (κ2) is 5.04. The van der Waals surface area contributed by atoms with Crippen LogP contribution in [0.25, 0.3) is 16.0 Å². The molecule has 2 heterocycles. The van der Waals surface area contributed by atoms with E-state index in [2.05, 4.69) is 32.1 Å². The zero-order valence-corrected chi connectivity index (χ0v) is 11.2. The zero-order valence-electron chi connectivity index (χ0n) is 10.4. The molecule has 18 heavy (non-hydrogen) atoms. The summed E-state index contributed by atoms with van der Waals surface area (Å²) in [7, 11) is 0. The predicted molar refractivity (Wildman–Crippen MR) is 75.0 cm³/mol. The Morgan fingerprint density at radius 3 is 3.11 bits per heavy atom. The van der Waals surface area contributed by atoms with Gasteiger partial charge in [0, 0.05) is 11.5 Å². The van der Waals surface area contributed by atoms with Crippen molar-refractivity contribution in [2.24, 2.45) is 0 Å². The van der Waals surface area contributed by atoms with Gasteiger partial charge in [-0.3, -0.25) is 4.40 Å². The lowest BCUT2D eigenvalue weighted by Gasteiger charge is -2.01. The van der Waals surface area contributed by atoms with Crippen LogP contribution in [-0.4, -0.2) is 20.3 Å². The van der Waals surface area contributed by atoms with Gasteiger partial charge in [0.05, 0.1) is 17.6 Å². The van der Waals surface area contributed by atoms with Crippen LogP contribution in [0.4, 0.5) is 0 Å². The summed E-state index contributed by atoms with van der Waals surface area (Å²) in [5.41, 5.74) is 2.19. The molecule has 0 atom stereocenters. The number of unbranched alkanes of at least 4 members (excludes halogenated alkanes) is 1. The summed E-state index contributed by atoms with van der Waals surface area (Å²) >= 11 is 1.47. The molecule has 0 aliphatic rings. The summed E-state index contributed by atoms with van der Waals surface area (Å²) in [4.78, 5) is 5.55. The number of nitrogens with zero attached hydrogens (tertiary/aromatic N) is 3. The van der Waals surface area contributed by atoms with E-state index in [0.29, 0.717) is 0 Å². The van der Waals surface area contributed by atoms with Gasteiger partial charge in [-0.1, -0.05) is 25.5 Å². The normalized spacial score (nSPS) is 11.6. The highest BCUT2D eigenvalue weighted by Gasteiger charge is 2.10. The summed E-state index contributed by atoms with van der Waals surface area (Å²) < 4.78 is 6.63. The fourth-order valence-corrected chi connectivity index (χ4v) is 2.82. The molecule has 0 saturated heterocycles. The minimum atomic E-state index is 0.806. The third-order valence-corrected chi connectivity index (χ3v) is 3.75. The van der Waals surface area contributed by atoms with Crippen molar-refractivity contribution >= 4 is 27.5 Å². The molecule has 1 aromatic carbocycles. The number of fused-ring (bicyclic) bond motifs is 3. The van der Waals surface area contributed by atoms with E-state index < -0.39 is 0 Å². The van der Waals surface area contributed by atoms with Gasteiger partial charge in [0.25, 0.3) is 0 Å². The Balaban J connectivity index is 1.92. The first-order valence-corrected chi connectivity index (χ1v) is 7.10. The molecule has 2 aromatic heterocycles. The highest BCUT2D eigenvalue weighted by atomic mass is 32.1. The predicted octanol–water partition coefficient (Wildman–Crippen LogP) is 2.83. The third kappa shape index (κ3) is 2.00. The molecule has 0 fully saturated rings. The van der Waals surface area contributed by atoms with Gasteiger partial charge in [0.1, 0.15) is 5.82 Å². The lowest BCUT2D eigenvalue weighted by Crippen LogP contribution is -2.16. The van der Waals surface area contributed by atoms with Crippen molar-refractivity contribution in [3.05, 3.63) is 30.1 Å². The van der Waals surface area contributed by atoms with Crippen molar-refractivity contribution in [2.45, 2.75) is 26.3 Å². The van der Waals surface area contributed by atoms with Crippen LogP contribution >= 0.6 is 11.5 Å². The van der Waals surface area contributed by atoms with Gasteiger partial charge in [-0.25, -0.2) is 4.98 Å². The molecule has 1 N–H and O–H groups in total. The molecule has 5 heteroatoms. The van der Waals surface area contributed by atoms with Crippen LogP contribution < -0.4 is 5.32 Å². The number of rotatable bonds is 5. The molecule has 4 nitrogen and oxygen atoms in total. The quantitative estimate of drug-likeness (QED) is 0.717. The topological polar surface area (TPSA) is 42.2 Å². The van der Waals surface area contributed by atoms with Crippen LogP contribution in [0.5, 0.6) is 0 Å². The molecular weight excluding hydrogens is 244 g/mol.